The first-order chi connectivity index (χ1) is 9.49. The Hall–Kier alpha value is -2.18. The Morgan fingerprint density at radius 1 is 1.45 bits per heavy atom. The number of aromatic nitrogens is 1. The van der Waals surface area contributed by atoms with Crippen LogP contribution in [0, 0.1) is 16.0 Å². The lowest BCUT2D eigenvalue weighted by Crippen LogP contribution is -2.26. The molecule has 1 aliphatic heterocycles. The fraction of sp³-hybridized carbons (Fsp3) is 0.538. The van der Waals surface area contributed by atoms with Crippen LogP contribution in [0.5, 0.6) is 0 Å². The predicted octanol–water partition coefficient (Wildman–Crippen LogP) is 2.31. The summed E-state index contributed by atoms with van der Waals surface area (Å²) in [5.74, 6) is -0.435. The molecular formula is C13H17N3O4. The SMILES string of the molecule is CC1CCCN(c2nc(C(=O)O)ccc2[N+](=O)[O-])CC1. The average molecular weight is 279 g/mol. The summed E-state index contributed by atoms with van der Waals surface area (Å²) in [5.41, 5.74) is -0.299. The topological polar surface area (TPSA) is 96.6 Å². The number of carboxylic acid groups (broad SMARTS) is 1. The van der Waals surface area contributed by atoms with Crippen molar-refractivity contribution in [2.75, 3.05) is 18.0 Å². The van der Waals surface area contributed by atoms with E-state index in [4.69, 9.17) is 5.11 Å². The van der Waals surface area contributed by atoms with E-state index < -0.39 is 10.9 Å². The predicted molar refractivity (Wildman–Crippen MR) is 73.1 cm³/mol. The Morgan fingerprint density at radius 2 is 2.20 bits per heavy atom. The van der Waals surface area contributed by atoms with Gasteiger partial charge in [0.1, 0.15) is 0 Å². The first kappa shape index (κ1) is 14.2. The Kier molecular flexibility index (Phi) is 4.16. The van der Waals surface area contributed by atoms with Crippen molar-refractivity contribution < 1.29 is 14.8 Å². The lowest BCUT2D eigenvalue weighted by molar-refractivity contribution is -0.384. The lowest BCUT2D eigenvalue weighted by Gasteiger charge is -2.21. The van der Waals surface area contributed by atoms with Gasteiger partial charge in [0.05, 0.1) is 4.92 Å². The summed E-state index contributed by atoms with van der Waals surface area (Å²) in [4.78, 5) is 27.4. The molecule has 108 valence electrons. The molecule has 1 unspecified atom stereocenters. The van der Waals surface area contributed by atoms with Crippen LogP contribution in [0.1, 0.15) is 36.7 Å². The van der Waals surface area contributed by atoms with Crippen LogP contribution in [0.25, 0.3) is 0 Å². The molecule has 1 N–H and O–H groups in total. The number of hydrogen-bond donors (Lipinski definition) is 1. The van der Waals surface area contributed by atoms with E-state index >= 15 is 0 Å². The van der Waals surface area contributed by atoms with Crippen LogP contribution in [0.15, 0.2) is 12.1 Å². The third kappa shape index (κ3) is 3.04. The molecule has 0 spiro atoms. The van der Waals surface area contributed by atoms with E-state index in [0.29, 0.717) is 19.0 Å². The largest absolute Gasteiger partial charge is 0.477 e. The first-order valence-electron chi connectivity index (χ1n) is 6.62. The molecule has 7 nitrogen and oxygen atoms in total. The second-order valence-electron chi connectivity index (χ2n) is 5.12. The molecule has 1 fully saturated rings. The third-order valence-corrected chi connectivity index (χ3v) is 3.59. The molecule has 1 aliphatic rings. The summed E-state index contributed by atoms with van der Waals surface area (Å²) in [7, 11) is 0. The van der Waals surface area contributed by atoms with E-state index in [2.05, 4.69) is 11.9 Å². The maximum atomic E-state index is 11.1. The monoisotopic (exact) mass is 279 g/mol. The van der Waals surface area contributed by atoms with Crippen LogP contribution in [-0.2, 0) is 0 Å². The van der Waals surface area contributed by atoms with Crippen molar-refractivity contribution in [3.8, 4) is 0 Å². The van der Waals surface area contributed by atoms with Gasteiger partial charge < -0.3 is 10.0 Å². The lowest BCUT2D eigenvalue weighted by atomic mass is 10.0. The van der Waals surface area contributed by atoms with Gasteiger partial charge in [-0.3, -0.25) is 10.1 Å². The van der Waals surface area contributed by atoms with Gasteiger partial charge in [0.25, 0.3) is 0 Å². The maximum Gasteiger partial charge on any atom is 0.354 e. The van der Waals surface area contributed by atoms with Crippen molar-refractivity contribution >= 4 is 17.5 Å². The minimum absolute atomic E-state index is 0.135. The molecule has 2 heterocycles. The summed E-state index contributed by atoms with van der Waals surface area (Å²) in [6, 6.07) is 2.39. The summed E-state index contributed by atoms with van der Waals surface area (Å²) >= 11 is 0. The second-order valence-corrected chi connectivity index (χ2v) is 5.12. The zero-order valence-electron chi connectivity index (χ0n) is 11.3. The van der Waals surface area contributed by atoms with Crippen molar-refractivity contribution in [2.45, 2.75) is 26.2 Å². The Labute approximate surface area is 116 Å². The third-order valence-electron chi connectivity index (χ3n) is 3.59. The average Bonchev–Trinajstić information content (AvgIpc) is 2.62. The molecule has 0 bridgehead atoms. The normalized spacial score (nSPS) is 19.4. The molecular weight excluding hydrogens is 262 g/mol. The molecule has 0 saturated carbocycles. The smallest absolute Gasteiger partial charge is 0.354 e. The van der Waals surface area contributed by atoms with Crippen molar-refractivity contribution in [1.82, 2.24) is 4.98 Å². The molecule has 1 aromatic rings. The molecule has 20 heavy (non-hydrogen) atoms. The Morgan fingerprint density at radius 3 is 2.85 bits per heavy atom. The van der Waals surface area contributed by atoms with Gasteiger partial charge >= 0.3 is 11.7 Å². The number of hydrogen-bond acceptors (Lipinski definition) is 5. The quantitative estimate of drug-likeness (QED) is 0.673. The van der Waals surface area contributed by atoms with E-state index in [1.54, 1.807) is 0 Å². The van der Waals surface area contributed by atoms with Gasteiger partial charge in [-0.1, -0.05) is 6.92 Å². The number of anilines is 1. The second kappa shape index (κ2) is 5.85. The zero-order valence-corrected chi connectivity index (χ0v) is 11.3. The van der Waals surface area contributed by atoms with Gasteiger partial charge in [-0.05, 0) is 31.2 Å². The molecule has 1 atom stereocenters. The first-order valence-corrected chi connectivity index (χ1v) is 6.62. The van der Waals surface area contributed by atoms with Crippen molar-refractivity contribution in [3.05, 3.63) is 27.9 Å². The zero-order chi connectivity index (χ0) is 14.7. The number of rotatable bonds is 3. The molecule has 2 rings (SSSR count). The van der Waals surface area contributed by atoms with Gasteiger partial charge in [0.2, 0.25) is 5.82 Å². The van der Waals surface area contributed by atoms with Gasteiger partial charge in [-0.2, -0.15) is 0 Å². The van der Waals surface area contributed by atoms with E-state index in [0.717, 1.165) is 19.3 Å². The van der Waals surface area contributed by atoms with Crippen LogP contribution in [0.4, 0.5) is 11.5 Å². The van der Waals surface area contributed by atoms with Crippen molar-refractivity contribution in [1.29, 1.82) is 0 Å². The standard InChI is InChI=1S/C13H17N3O4/c1-9-3-2-7-15(8-6-9)12-11(16(19)20)5-4-10(14-12)13(17)18/h4-5,9H,2-3,6-8H2,1H3,(H,17,18). The van der Waals surface area contributed by atoms with Crippen LogP contribution in [-0.4, -0.2) is 34.1 Å². The summed E-state index contributed by atoms with van der Waals surface area (Å²) in [6.07, 6.45) is 2.93. The summed E-state index contributed by atoms with van der Waals surface area (Å²) in [6.45, 7) is 3.48. The Balaban J connectivity index is 2.38. The minimum atomic E-state index is -1.18. The van der Waals surface area contributed by atoms with Gasteiger partial charge in [-0.15, -0.1) is 0 Å². The fourth-order valence-electron chi connectivity index (χ4n) is 2.41. The highest BCUT2D eigenvalue weighted by Crippen LogP contribution is 2.29. The van der Waals surface area contributed by atoms with Gasteiger partial charge in [-0.25, -0.2) is 9.78 Å². The van der Waals surface area contributed by atoms with Crippen LogP contribution in [0.2, 0.25) is 0 Å². The number of nitrogens with zero attached hydrogens (tertiary/aromatic N) is 3. The van der Waals surface area contributed by atoms with Crippen LogP contribution in [0.3, 0.4) is 0 Å². The molecule has 0 radical (unpaired) electrons. The maximum absolute atomic E-state index is 11.1. The fourth-order valence-corrected chi connectivity index (χ4v) is 2.41. The summed E-state index contributed by atoms with van der Waals surface area (Å²) < 4.78 is 0. The molecule has 0 amide bonds. The van der Waals surface area contributed by atoms with Crippen LogP contribution >= 0.6 is 0 Å². The number of carbonyl (C=O) groups is 1. The summed E-state index contributed by atoms with van der Waals surface area (Å²) in [5, 5.41) is 20.1. The number of aromatic carboxylic acids is 1. The highest BCUT2D eigenvalue weighted by atomic mass is 16.6. The van der Waals surface area contributed by atoms with Gasteiger partial charge in [0.15, 0.2) is 5.69 Å². The highest BCUT2D eigenvalue weighted by molar-refractivity contribution is 5.86. The number of pyridine rings is 1. The molecule has 0 aromatic carbocycles. The van der Waals surface area contributed by atoms with Gasteiger partial charge in [0, 0.05) is 19.2 Å². The van der Waals surface area contributed by atoms with E-state index in [9.17, 15) is 14.9 Å². The van der Waals surface area contributed by atoms with E-state index in [1.807, 2.05) is 4.90 Å². The number of carboxylic acids is 1. The number of nitro groups is 1. The minimum Gasteiger partial charge on any atom is -0.477 e. The van der Waals surface area contributed by atoms with E-state index in [-0.39, 0.29) is 17.2 Å². The molecule has 1 saturated heterocycles. The van der Waals surface area contributed by atoms with Crippen LogP contribution < -0.4 is 4.90 Å². The van der Waals surface area contributed by atoms with Crippen molar-refractivity contribution in [2.24, 2.45) is 5.92 Å². The van der Waals surface area contributed by atoms with E-state index in [1.165, 1.54) is 12.1 Å². The van der Waals surface area contributed by atoms with Crippen molar-refractivity contribution in [3.63, 3.8) is 0 Å². The highest BCUT2D eigenvalue weighted by Gasteiger charge is 2.25. The Bertz CT molecular complexity index is 532. The molecule has 1 aromatic heterocycles. The molecule has 0 aliphatic carbocycles. The molecule has 7 heteroatoms.